The second-order valence-corrected chi connectivity index (χ2v) is 8.10. The first-order valence-electron chi connectivity index (χ1n) is 10.9. The fourth-order valence-corrected chi connectivity index (χ4v) is 3.59. The summed E-state index contributed by atoms with van der Waals surface area (Å²) in [4.78, 5) is 29.8. The third kappa shape index (κ3) is 4.98. The van der Waals surface area contributed by atoms with Crippen molar-refractivity contribution in [2.75, 3.05) is 5.32 Å². The Morgan fingerprint density at radius 1 is 0.970 bits per heavy atom. The number of nitrogens with one attached hydrogen (secondary N) is 2. The van der Waals surface area contributed by atoms with Gasteiger partial charge in [-0.1, -0.05) is 36.4 Å². The van der Waals surface area contributed by atoms with Gasteiger partial charge in [0.2, 0.25) is 0 Å². The normalized spacial score (nSPS) is 12.8. The first kappa shape index (κ1) is 20.6. The molecule has 0 unspecified atom stereocenters. The molecule has 0 aliphatic heterocycles. The van der Waals surface area contributed by atoms with Crippen LogP contribution in [0.2, 0.25) is 0 Å². The molecule has 7 heteroatoms. The molecule has 7 nitrogen and oxygen atoms in total. The molecular weight excluding hydrogens is 414 g/mol. The average molecular weight is 438 g/mol. The quantitative estimate of drug-likeness (QED) is 0.455. The molecule has 0 spiro atoms. The molecule has 5 rings (SSSR count). The fourth-order valence-electron chi connectivity index (χ4n) is 3.59. The minimum Gasteiger partial charge on any atom is -0.349 e. The van der Waals surface area contributed by atoms with E-state index in [1.54, 1.807) is 47.5 Å². The lowest BCUT2D eigenvalue weighted by Crippen LogP contribution is -2.25. The van der Waals surface area contributed by atoms with Crippen molar-refractivity contribution in [3.63, 3.8) is 0 Å². The number of carbonyl (C=O) groups excluding carboxylic acids is 2. The molecule has 2 N–H and O–H groups in total. The molecule has 2 aromatic carbocycles. The van der Waals surface area contributed by atoms with Crippen LogP contribution in [0.25, 0.3) is 11.3 Å². The summed E-state index contributed by atoms with van der Waals surface area (Å²) < 4.78 is 1.76. The van der Waals surface area contributed by atoms with E-state index in [9.17, 15) is 9.59 Å². The molecule has 164 valence electrons. The van der Waals surface area contributed by atoms with Crippen LogP contribution in [0.3, 0.4) is 0 Å². The van der Waals surface area contributed by atoms with E-state index in [0.717, 1.165) is 24.0 Å². The van der Waals surface area contributed by atoms with Gasteiger partial charge in [0, 0.05) is 41.4 Å². The van der Waals surface area contributed by atoms with Crippen LogP contribution in [0, 0.1) is 0 Å². The summed E-state index contributed by atoms with van der Waals surface area (Å²) in [6.45, 7) is 0.540. The molecule has 1 aliphatic carbocycles. The first-order valence-corrected chi connectivity index (χ1v) is 10.9. The molecule has 0 bridgehead atoms. The van der Waals surface area contributed by atoms with Gasteiger partial charge in [-0.15, -0.1) is 0 Å². The molecule has 2 aromatic heterocycles. The van der Waals surface area contributed by atoms with Gasteiger partial charge in [0.15, 0.2) is 0 Å². The van der Waals surface area contributed by atoms with Crippen LogP contribution in [0.5, 0.6) is 0 Å². The molecular formula is C26H23N5O2. The molecule has 4 aromatic rings. The van der Waals surface area contributed by atoms with Crippen molar-refractivity contribution in [1.82, 2.24) is 20.1 Å². The van der Waals surface area contributed by atoms with Crippen LogP contribution < -0.4 is 10.6 Å². The molecule has 0 saturated heterocycles. The molecule has 0 radical (unpaired) electrons. The van der Waals surface area contributed by atoms with Crippen molar-refractivity contribution < 1.29 is 9.59 Å². The third-order valence-corrected chi connectivity index (χ3v) is 5.42. The van der Waals surface area contributed by atoms with Crippen molar-refractivity contribution in [2.24, 2.45) is 0 Å². The zero-order valence-corrected chi connectivity index (χ0v) is 17.9. The Morgan fingerprint density at radius 2 is 1.82 bits per heavy atom. The monoisotopic (exact) mass is 437 g/mol. The van der Waals surface area contributed by atoms with Gasteiger partial charge in [-0.2, -0.15) is 5.10 Å². The third-order valence-electron chi connectivity index (χ3n) is 5.42. The van der Waals surface area contributed by atoms with E-state index in [1.807, 2.05) is 42.5 Å². The summed E-state index contributed by atoms with van der Waals surface area (Å²) in [6, 6.07) is 20.9. The van der Waals surface area contributed by atoms with Gasteiger partial charge < -0.3 is 10.6 Å². The number of aromatic nitrogens is 3. The maximum absolute atomic E-state index is 13.3. The fraction of sp³-hybridized carbons (Fsp3) is 0.154. The van der Waals surface area contributed by atoms with Crippen molar-refractivity contribution in [3.8, 4) is 11.3 Å². The number of anilines is 1. The van der Waals surface area contributed by atoms with Gasteiger partial charge in [0.25, 0.3) is 11.8 Å². The minimum absolute atomic E-state index is 0.125. The number of amides is 2. The molecule has 0 atom stereocenters. The highest BCUT2D eigenvalue weighted by Crippen LogP contribution is 2.24. The van der Waals surface area contributed by atoms with Crippen LogP contribution in [-0.4, -0.2) is 32.6 Å². The highest BCUT2D eigenvalue weighted by Gasteiger charge is 2.24. The summed E-state index contributed by atoms with van der Waals surface area (Å²) in [6.07, 6.45) is 7.16. The molecule has 2 heterocycles. The van der Waals surface area contributed by atoms with E-state index in [2.05, 4.69) is 20.7 Å². The summed E-state index contributed by atoms with van der Waals surface area (Å²) >= 11 is 0. The second-order valence-electron chi connectivity index (χ2n) is 8.10. The van der Waals surface area contributed by atoms with E-state index in [0.29, 0.717) is 29.1 Å². The van der Waals surface area contributed by atoms with Gasteiger partial charge in [0.1, 0.15) is 5.69 Å². The predicted molar refractivity (Wildman–Crippen MR) is 126 cm³/mol. The van der Waals surface area contributed by atoms with Crippen LogP contribution in [0.15, 0.2) is 85.3 Å². The Morgan fingerprint density at radius 3 is 2.58 bits per heavy atom. The van der Waals surface area contributed by atoms with Crippen molar-refractivity contribution in [2.45, 2.75) is 25.4 Å². The smallest absolute Gasteiger partial charge is 0.259 e. The number of pyridine rings is 1. The van der Waals surface area contributed by atoms with Crippen LogP contribution in [-0.2, 0) is 6.54 Å². The predicted octanol–water partition coefficient (Wildman–Crippen LogP) is 4.14. The Kier molecular flexibility index (Phi) is 5.68. The standard InChI is InChI=1S/C26H23N5O2/c32-25(28-21-11-12-21)19-8-4-10-22(14-19)29-26(33)23-17-31(16-18-6-2-1-3-7-18)30-24(23)20-9-5-13-27-15-20/h1-10,13-15,17,21H,11-12,16H2,(H,28,32)(H,29,33). The molecule has 33 heavy (non-hydrogen) atoms. The number of rotatable bonds is 7. The lowest BCUT2D eigenvalue weighted by Gasteiger charge is -2.08. The Balaban J connectivity index is 1.41. The van der Waals surface area contributed by atoms with Crippen molar-refractivity contribution in [3.05, 3.63) is 102 Å². The van der Waals surface area contributed by atoms with Gasteiger partial charge in [0.05, 0.1) is 12.1 Å². The summed E-state index contributed by atoms with van der Waals surface area (Å²) in [7, 11) is 0. The van der Waals surface area contributed by atoms with Gasteiger partial charge in [-0.25, -0.2) is 0 Å². The summed E-state index contributed by atoms with van der Waals surface area (Å²) in [5.41, 5.74) is 3.90. The van der Waals surface area contributed by atoms with Crippen molar-refractivity contribution >= 4 is 17.5 Å². The number of hydrogen-bond donors (Lipinski definition) is 2. The van der Waals surface area contributed by atoms with Crippen molar-refractivity contribution in [1.29, 1.82) is 0 Å². The van der Waals surface area contributed by atoms with Gasteiger partial charge in [-0.05, 0) is 48.7 Å². The van der Waals surface area contributed by atoms with Crippen LogP contribution in [0.1, 0.15) is 39.1 Å². The summed E-state index contributed by atoms with van der Waals surface area (Å²) in [5, 5.41) is 10.6. The lowest BCUT2D eigenvalue weighted by molar-refractivity contribution is 0.0949. The zero-order valence-electron chi connectivity index (χ0n) is 17.9. The maximum Gasteiger partial charge on any atom is 0.259 e. The Hall–Kier alpha value is -4.26. The zero-order chi connectivity index (χ0) is 22.6. The SMILES string of the molecule is O=C(NC1CC1)c1cccc(NC(=O)c2cn(Cc3ccccc3)nc2-c2cccnc2)c1. The lowest BCUT2D eigenvalue weighted by atomic mass is 10.1. The highest BCUT2D eigenvalue weighted by molar-refractivity contribution is 6.08. The largest absolute Gasteiger partial charge is 0.349 e. The number of nitrogens with zero attached hydrogens (tertiary/aromatic N) is 3. The van der Waals surface area contributed by atoms with E-state index in [4.69, 9.17) is 0 Å². The second kappa shape index (κ2) is 9.08. The van der Waals surface area contributed by atoms with E-state index in [-0.39, 0.29) is 17.9 Å². The molecule has 1 fully saturated rings. The highest BCUT2D eigenvalue weighted by atomic mass is 16.2. The Bertz CT molecular complexity index is 1280. The van der Waals surface area contributed by atoms with E-state index in [1.165, 1.54) is 0 Å². The van der Waals surface area contributed by atoms with Gasteiger partial charge >= 0.3 is 0 Å². The van der Waals surface area contributed by atoms with E-state index >= 15 is 0 Å². The molecule has 1 saturated carbocycles. The molecule has 2 amide bonds. The molecule has 1 aliphatic rings. The summed E-state index contributed by atoms with van der Waals surface area (Å²) in [5.74, 6) is -0.423. The van der Waals surface area contributed by atoms with Crippen LogP contribution in [0.4, 0.5) is 5.69 Å². The van der Waals surface area contributed by atoms with Gasteiger partial charge in [-0.3, -0.25) is 19.3 Å². The number of hydrogen-bond acceptors (Lipinski definition) is 4. The van der Waals surface area contributed by atoms with Crippen LogP contribution >= 0.6 is 0 Å². The first-order chi connectivity index (χ1) is 16.2. The van der Waals surface area contributed by atoms with E-state index < -0.39 is 0 Å². The topological polar surface area (TPSA) is 88.9 Å². The Labute approximate surface area is 191 Å². The number of benzene rings is 2. The minimum atomic E-state index is -0.298. The maximum atomic E-state index is 13.3. The average Bonchev–Trinajstić information content (AvgIpc) is 3.56. The number of carbonyl (C=O) groups is 2.